The van der Waals surface area contributed by atoms with E-state index in [1.807, 2.05) is 4.90 Å². The highest BCUT2D eigenvalue weighted by Crippen LogP contribution is 2.10. The standard InChI is InChI=1S/C11H20N2O2S/c1-8(7-16-3)6-13-5-4-10(14)12-9(2)11(13)15/h8-9H,4-7H2,1-3H3,(H,12,14). The highest BCUT2D eigenvalue weighted by atomic mass is 32.2. The van der Waals surface area contributed by atoms with Crippen LogP contribution in [0.5, 0.6) is 0 Å². The van der Waals surface area contributed by atoms with E-state index in [1.165, 1.54) is 0 Å². The van der Waals surface area contributed by atoms with E-state index in [0.717, 1.165) is 12.3 Å². The Morgan fingerprint density at radius 2 is 2.25 bits per heavy atom. The predicted molar refractivity (Wildman–Crippen MR) is 66.3 cm³/mol. The number of rotatable bonds is 4. The molecule has 16 heavy (non-hydrogen) atoms. The summed E-state index contributed by atoms with van der Waals surface area (Å²) < 4.78 is 0. The molecule has 2 unspecified atom stereocenters. The van der Waals surface area contributed by atoms with Crippen molar-refractivity contribution in [3.8, 4) is 0 Å². The number of thioether (sulfide) groups is 1. The maximum absolute atomic E-state index is 11.9. The van der Waals surface area contributed by atoms with E-state index in [4.69, 9.17) is 0 Å². The third-order valence-corrected chi connectivity index (χ3v) is 3.55. The molecular formula is C11H20N2O2S. The summed E-state index contributed by atoms with van der Waals surface area (Å²) in [7, 11) is 0. The Balaban J connectivity index is 2.57. The molecule has 0 spiro atoms. The van der Waals surface area contributed by atoms with Gasteiger partial charge in [0.25, 0.3) is 0 Å². The zero-order chi connectivity index (χ0) is 12.1. The van der Waals surface area contributed by atoms with Gasteiger partial charge in [-0.3, -0.25) is 9.59 Å². The molecule has 4 nitrogen and oxygen atoms in total. The van der Waals surface area contributed by atoms with Crippen LogP contribution < -0.4 is 5.32 Å². The highest BCUT2D eigenvalue weighted by Gasteiger charge is 2.26. The maximum Gasteiger partial charge on any atom is 0.244 e. The predicted octanol–water partition coefficient (Wildman–Crippen LogP) is 0.722. The van der Waals surface area contributed by atoms with Crippen LogP contribution in [0.25, 0.3) is 0 Å². The number of carbonyl (C=O) groups excluding carboxylic acids is 2. The van der Waals surface area contributed by atoms with Gasteiger partial charge in [0.2, 0.25) is 11.8 Å². The molecule has 1 saturated heterocycles. The Morgan fingerprint density at radius 1 is 1.56 bits per heavy atom. The zero-order valence-corrected chi connectivity index (χ0v) is 11.0. The maximum atomic E-state index is 11.9. The smallest absolute Gasteiger partial charge is 0.244 e. The van der Waals surface area contributed by atoms with Crippen molar-refractivity contribution in [3.05, 3.63) is 0 Å². The van der Waals surface area contributed by atoms with Crippen LogP contribution in [0.4, 0.5) is 0 Å². The van der Waals surface area contributed by atoms with E-state index in [2.05, 4.69) is 18.5 Å². The minimum atomic E-state index is -0.378. The van der Waals surface area contributed by atoms with Crippen molar-refractivity contribution >= 4 is 23.6 Å². The van der Waals surface area contributed by atoms with Crippen molar-refractivity contribution in [1.29, 1.82) is 0 Å². The number of carbonyl (C=O) groups is 2. The lowest BCUT2D eigenvalue weighted by molar-refractivity contribution is -0.133. The van der Waals surface area contributed by atoms with E-state index in [1.54, 1.807) is 18.7 Å². The van der Waals surface area contributed by atoms with Gasteiger partial charge in [-0.25, -0.2) is 0 Å². The monoisotopic (exact) mass is 244 g/mol. The number of nitrogens with zero attached hydrogens (tertiary/aromatic N) is 1. The van der Waals surface area contributed by atoms with Crippen molar-refractivity contribution in [2.24, 2.45) is 5.92 Å². The summed E-state index contributed by atoms with van der Waals surface area (Å²) in [5, 5.41) is 2.69. The first-order valence-corrected chi connectivity index (χ1v) is 7.01. The topological polar surface area (TPSA) is 49.4 Å². The van der Waals surface area contributed by atoms with E-state index < -0.39 is 0 Å². The minimum absolute atomic E-state index is 0.0270. The van der Waals surface area contributed by atoms with E-state index >= 15 is 0 Å². The lowest BCUT2D eigenvalue weighted by Gasteiger charge is -2.25. The fourth-order valence-electron chi connectivity index (χ4n) is 1.89. The second-order valence-corrected chi connectivity index (χ2v) is 5.29. The largest absolute Gasteiger partial charge is 0.345 e. The third-order valence-electron chi connectivity index (χ3n) is 2.65. The van der Waals surface area contributed by atoms with Crippen LogP contribution in [0.2, 0.25) is 0 Å². The Kier molecular flexibility index (Phi) is 5.12. The van der Waals surface area contributed by atoms with Crippen LogP contribution in [-0.4, -0.2) is 47.9 Å². The van der Waals surface area contributed by atoms with Crippen LogP contribution in [0.15, 0.2) is 0 Å². The van der Waals surface area contributed by atoms with Crippen LogP contribution in [0.1, 0.15) is 20.3 Å². The lowest BCUT2D eigenvalue weighted by Crippen LogP contribution is -2.44. The molecule has 0 aromatic carbocycles. The molecule has 1 rings (SSSR count). The molecular weight excluding hydrogens is 224 g/mol. The van der Waals surface area contributed by atoms with Crippen LogP contribution >= 0.6 is 11.8 Å². The first-order chi connectivity index (χ1) is 7.54. The summed E-state index contributed by atoms with van der Waals surface area (Å²) in [5.74, 6) is 1.53. The first-order valence-electron chi connectivity index (χ1n) is 5.61. The summed E-state index contributed by atoms with van der Waals surface area (Å²) in [6, 6.07) is -0.378. The summed E-state index contributed by atoms with van der Waals surface area (Å²) >= 11 is 1.79. The Hall–Kier alpha value is -0.710. The van der Waals surface area contributed by atoms with Crippen molar-refractivity contribution in [2.45, 2.75) is 26.3 Å². The van der Waals surface area contributed by atoms with Gasteiger partial charge < -0.3 is 10.2 Å². The molecule has 2 atom stereocenters. The molecule has 0 saturated carbocycles. The van der Waals surface area contributed by atoms with Gasteiger partial charge in [0.15, 0.2) is 0 Å². The first kappa shape index (κ1) is 13.4. The quantitative estimate of drug-likeness (QED) is 0.793. The summed E-state index contributed by atoms with van der Waals surface area (Å²) in [4.78, 5) is 25.0. The molecule has 0 aromatic heterocycles. The second kappa shape index (κ2) is 6.13. The molecule has 5 heteroatoms. The van der Waals surface area contributed by atoms with Gasteiger partial charge in [0.1, 0.15) is 6.04 Å². The van der Waals surface area contributed by atoms with Gasteiger partial charge in [-0.05, 0) is 24.9 Å². The van der Waals surface area contributed by atoms with Crippen molar-refractivity contribution in [1.82, 2.24) is 10.2 Å². The molecule has 1 fully saturated rings. The molecule has 1 N–H and O–H groups in total. The zero-order valence-electron chi connectivity index (χ0n) is 10.2. The molecule has 0 radical (unpaired) electrons. The normalized spacial score (nSPS) is 23.9. The minimum Gasteiger partial charge on any atom is -0.345 e. The molecule has 0 aliphatic carbocycles. The molecule has 2 amide bonds. The summed E-state index contributed by atoms with van der Waals surface area (Å²) in [6.07, 6.45) is 2.48. The fourth-order valence-corrected chi connectivity index (χ4v) is 2.57. The highest BCUT2D eigenvalue weighted by molar-refractivity contribution is 7.98. The van der Waals surface area contributed by atoms with Crippen molar-refractivity contribution in [3.63, 3.8) is 0 Å². The van der Waals surface area contributed by atoms with Crippen LogP contribution in [0, 0.1) is 5.92 Å². The van der Waals surface area contributed by atoms with E-state index in [9.17, 15) is 9.59 Å². The second-order valence-electron chi connectivity index (χ2n) is 4.38. The lowest BCUT2D eigenvalue weighted by atomic mass is 10.2. The third kappa shape index (κ3) is 3.70. The summed E-state index contributed by atoms with van der Waals surface area (Å²) in [6.45, 7) is 5.18. The Morgan fingerprint density at radius 3 is 2.88 bits per heavy atom. The number of hydrogen-bond donors (Lipinski definition) is 1. The Labute approximate surface area is 101 Å². The molecule has 1 aliphatic heterocycles. The molecule has 1 aliphatic rings. The fraction of sp³-hybridized carbons (Fsp3) is 0.818. The van der Waals surface area contributed by atoms with Crippen molar-refractivity contribution < 1.29 is 9.59 Å². The summed E-state index contributed by atoms with van der Waals surface area (Å²) in [5.41, 5.74) is 0. The van der Waals surface area contributed by atoms with Gasteiger partial charge in [-0.1, -0.05) is 6.92 Å². The number of hydrogen-bond acceptors (Lipinski definition) is 3. The van der Waals surface area contributed by atoms with Crippen molar-refractivity contribution in [2.75, 3.05) is 25.1 Å². The molecule has 1 heterocycles. The van der Waals surface area contributed by atoms with Crippen LogP contribution in [-0.2, 0) is 9.59 Å². The SMILES string of the molecule is CSCC(C)CN1CCC(=O)NC(C)C1=O. The van der Waals surface area contributed by atoms with E-state index in [-0.39, 0.29) is 17.9 Å². The Bertz CT molecular complexity index is 271. The number of amides is 2. The average Bonchev–Trinajstić information content (AvgIpc) is 2.32. The van der Waals surface area contributed by atoms with Gasteiger partial charge in [-0.15, -0.1) is 0 Å². The molecule has 0 bridgehead atoms. The van der Waals surface area contributed by atoms with Gasteiger partial charge in [-0.2, -0.15) is 11.8 Å². The van der Waals surface area contributed by atoms with Gasteiger partial charge in [0, 0.05) is 19.5 Å². The molecule has 92 valence electrons. The van der Waals surface area contributed by atoms with Crippen LogP contribution in [0.3, 0.4) is 0 Å². The van der Waals surface area contributed by atoms with Gasteiger partial charge >= 0.3 is 0 Å². The average molecular weight is 244 g/mol. The number of nitrogens with one attached hydrogen (secondary N) is 1. The molecule has 0 aromatic rings. The van der Waals surface area contributed by atoms with Gasteiger partial charge in [0.05, 0.1) is 0 Å². The van der Waals surface area contributed by atoms with E-state index in [0.29, 0.717) is 18.9 Å².